The number of nitrogens with two attached hydrogens (primary N) is 2. The molecule has 1 aromatic carbocycles. The molecule has 0 saturated carbocycles. The van der Waals surface area contributed by atoms with Gasteiger partial charge in [0.25, 0.3) is 0 Å². The monoisotopic (exact) mass is 207 g/mol. The molecule has 0 bridgehead atoms. The molecule has 0 aromatic heterocycles. The summed E-state index contributed by atoms with van der Waals surface area (Å²) in [5.74, 6) is 0.0173. The van der Waals surface area contributed by atoms with Crippen LogP contribution < -0.4 is 16.8 Å². The van der Waals surface area contributed by atoms with Crippen molar-refractivity contribution in [1.82, 2.24) is 5.32 Å². The fourth-order valence-electron chi connectivity index (χ4n) is 1.31. The highest BCUT2D eigenvalue weighted by Crippen LogP contribution is 2.12. The van der Waals surface area contributed by atoms with Gasteiger partial charge in [0.05, 0.1) is 0 Å². The van der Waals surface area contributed by atoms with E-state index in [2.05, 4.69) is 5.32 Å². The second-order valence-electron chi connectivity index (χ2n) is 3.34. The molecule has 15 heavy (non-hydrogen) atoms. The first-order chi connectivity index (χ1) is 7.24. The van der Waals surface area contributed by atoms with E-state index in [9.17, 15) is 4.79 Å². The van der Waals surface area contributed by atoms with Gasteiger partial charge in [-0.05, 0) is 18.1 Å². The lowest BCUT2D eigenvalue weighted by Gasteiger charge is -2.05. The first kappa shape index (κ1) is 11.5. The summed E-state index contributed by atoms with van der Waals surface area (Å²) in [6.45, 7) is 1.00. The third kappa shape index (κ3) is 3.99. The lowest BCUT2D eigenvalue weighted by molar-refractivity contribution is -0.120. The Balaban J connectivity index is 2.37. The van der Waals surface area contributed by atoms with Gasteiger partial charge < -0.3 is 16.8 Å². The third-order valence-corrected chi connectivity index (χ3v) is 2.14. The van der Waals surface area contributed by atoms with Crippen molar-refractivity contribution in [1.29, 1.82) is 0 Å². The molecule has 82 valence electrons. The van der Waals surface area contributed by atoms with Crippen LogP contribution in [-0.2, 0) is 11.2 Å². The molecule has 5 N–H and O–H groups in total. The van der Waals surface area contributed by atoms with E-state index in [0.29, 0.717) is 25.9 Å². The number of carbonyl (C=O) groups is 1. The minimum Gasteiger partial charge on any atom is -0.399 e. The Labute approximate surface area is 89.6 Å². The number of anilines is 1. The fourth-order valence-corrected chi connectivity index (χ4v) is 1.31. The van der Waals surface area contributed by atoms with Crippen molar-refractivity contribution in [2.75, 3.05) is 18.8 Å². The van der Waals surface area contributed by atoms with Gasteiger partial charge in [0, 0.05) is 25.2 Å². The van der Waals surface area contributed by atoms with Crippen LogP contribution in [0.4, 0.5) is 5.69 Å². The Morgan fingerprint density at radius 1 is 1.33 bits per heavy atom. The standard InChI is InChI=1S/C11H17N3O/c12-7-8-14-11(15)6-5-9-3-1-2-4-10(9)13/h1-4H,5-8,12-13H2,(H,14,15). The maximum Gasteiger partial charge on any atom is 0.220 e. The zero-order valence-corrected chi connectivity index (χ0v) is 8.70. The van der Waals surface area contributed by atoms with Gasteiger partial charge in [0.15, 0.2) is 0 Å². The molecule has 1 amide bonds. The van der Waals surface area contributed by atoms with Gasteiger partial charge >= 0.3 is 0 Å². The molecule has 1 aromatic rings. The Morgan fingerprint density at radius 3 is 2.73 bits per heavy atom. The molecule has 0 radical (unpaired) electrons. The van der Waals surface area contributed by atoms with Gasteiger partial charge in [-0.15, -0.1) is 0 Å². The van der Waals surface area contributed by atoms with Crippen LogP contribution in [-0.4, -0.2) is 19.0 Å². The highest BCUT2D eigenvalue weighted by Gasteiger charge is 2.02. The van der Waals surface area contributed by atoms with E-state index in [-0.39, 0.29) is 5.91 Å². The lowest BCUT2D eigenvalue weighted by atomic mass is 10.1. The van der Waals surface area contributed by atoms with Crippen LogP contribution in [0, 0.1) is 0 Å². The average Bonchev–Trinajstić information content (AvgIpc) is 2.25. The van der Waals surface area contributed by atoms with Crippen LogP contribution in [0.25, 0.3) is 0 Å². The number of nitrogens with one attached hydrogen (secondary N) is 1. The minimum absolute atomic E-state index is 0.0173. The molecule has 0 aliphatic carbocycles. The molecule has 0 spiro atoms. The Morgan fingerprint density at radius 2 is 2.07 bits per heavy atom. The van der Waals surface area contributed by atoms with E-state index in [1.807, 2.05) is 24.3 Å². The SMILES string of the molecule is NCCNC(=O)CCc1ccccc1N. The molecular weight excluding hydrogens is 190 g/mol. The first-order valence-electron chi connectivity index (χ1n) is 5.04. The van der Waals surface area contributed by atoms with E-state index in [0.717, 1.165) is 11.3 Å². The van der Waals surface area contributed by atoms with Gasteiger partial charge in [-0.1, -0.05) is 18.2 Å². The molecular formula is C11H17N3O. The maximum atomic E-state index is 11.3. The number of hydrogen-bond donors (Lipinski definition) is 3. The minimum atomic E-state index is 0.0173. The normalized spacial score (nSPS) is 9.93. The number of para-hydroxylation sites is 1. The first-order valence-corrected chi connectivity index (χ1v) is 5.04. The topological polar surface area (TPSA) is 81.1 Å². The van der Waals surface area contributed by atoms with Crippen LogP contribution in [0.15, 0.2) is 24.3 Å². The Hall–Kier alpha value is -1.55. The Bertz CT molecular complexity index is 325. The van der Waals surface area contributed by atoms with Crippen LogP contribution in [0.1, 0.15) is 12.0 Å². The average molecular weight is 207 g/mol. The maximum absolute atomic E-state index is 11.3. The van der Waals surface area contributed by atoms with Crippen molar-refractivity contribution in [3.63, 3.8) is 0 Å². The molecule has 4 nitrogen and oxygen atoms in total. The molecule has 0 heterocycles. The summed E-state index contributed by atoms with van der Waals surface area (Å²) >= 11 is 0. The highest BCUT2D eigenvalue weighted by molar-refractivity contribution is 5.76. The highest BCUT2D eigenvalue weighted by atomic mass is 16.1. The van der Waals surface area contributed by atoms with E-state index in [1.54, 1.807) is 0 Å². The van der Waals surface area contributed by atoms with Gasteiger partial charge in [0.2, 0.25) is 5.91 Å². The summed E-state index contributed by atoms with van der Waals surface area (Å²) in [4.78, 5) is 11.3. The number of aryl methyl sites for hydroxylation is 1. The summed E-state index contributed by atoms with van der Waals surface area (Å²) in [6.07, 6.45) is 1.12. The summed E-state index contributed by atoms with van der Waals surface area (Å²) in [7, 11) is 0. The lowest BCUT2D eigenvalue weighted by Crippen LogP contribution is -2.29. The number of benzene rings is 1. The molecule has 1 rings (SSSR count). The molecule has 0 aliphatic heterocycles. The van der Waals surface area contributed by atoms with Crippen molar-refractivity contribution in [2.45, 2.75) is 12.8 Å². The van der Waals surface area contributed by atoms with Gasteiger partial charge in [-0.25, -0.2) is 0 Å². The van der Waals surface area contributed by atoms with Gasteiger partial charge in [-0.2, -0.15) is 0 Å². The third-order valence-electron chi connectivity index (χ3n) is 2.14. The van der Waals surface area contributed by atoms with Gasteiger partial charge in [-0.3, -0.25) is 4.79 Å². The van der Waals surface area contributed by atoms with E-state index in [4.69, 9.17) is 11.5 Å². The molecule has 0 aliphatic rings. The summed E-state index contributed by atoms with van der Waals surface area (Å²) < 4.78 is 0. The molecule has 0 unspecified atom stereocenters. The Kier molecular flexibility index (Phi) is 4.63. The zero-order valence-electron chi connectivity index (χ0n) is 8.70. The second-order valence-corrected chi connectivity index (χ2v) is 3.34. The number of amides is 1. The molecule has 0 atom stereocenters. The van der Waals surface area contributed by atoms with Crippen molar-refractivity contribution < 1.29 is 4.79 Å². The van der Waals surface area contributed by atoms with E-state index in [1.165, 1.54) is 0 Å². The quantitative estimate of drug-likeness (QED) is 0.606. The van der Waals surface area contributed by atoms with Crippen LogP contribution in [0.2, 0.25) is 0 Å². The van der Waals surface area contributed by atoms with Crippen molar-refractivity contribution in [3.8, 4) is 0 Å². The fraction of sp³-hybridized carbons (Fsp3) is 0.364. The second kappa shape index (κ2) is 6.03. The van der Waals surface area contributed by atoms with E-state index < -0.39 is 0 Å². The smallest absolute Gasteiger partial charge is 0.220 e. The number of carbonyl (C=O) groups excluding carboxylic acids is 1. The number of hydrogen-bond acceptors (Lipinski definition) is 3. The van der Waals surface area contributed by atoms with Gasteiger partial charge in [0.1, 0.15) is 0 Å². The largest absolute Gasteiger partial charge is 0.399 e. The van der Waals surface area contributed by atoms with Crippen molar-refractivity contribution in [2.24, 2.45) is 5.73 Å². The predicted molar refractivity (Wildman–Crippen MR) is 61.2 cm³/mol. The van der Waals surface area contributed by atoms with Crippen molar-refractivity contribution >= 4 is 11.6 Å². The van der Waals surface area contributed by atoms with Crippen LogP contribution >= 0.6 is 0 Å². The summed E-state index contributed by atoms with van der Waals surface area (Å²) in [6, 6.07) is 7.58. The van der Waals surface area contributed by atoms with E-state index >= 15 is 0 Å². The molecule has 4 heteroatoms. The summed E-state index contributed by atoms with van der Waals surface area (Å²) in [5.41, 5.74) is 12.8. The van der Waals surface area contributed by atoms with Crippen LogP contribution in [0.5, 0.6) is 0 Å². The zero-order chi connectivity index (χ0) is 11.1. The van der Waals surface area contributed by atoms with Crippen LogP contribution in [0.3, 0.4) is 0 Å². The molecule has 0 fully saturated rings. The van der Waals surface area contributed by atoms with Crippen molar-refractivity contribution in [3.05, 3.63) is 29.8 Å². The predicted octanol–water partition coefficient (Wildman–Crippen LogP) is 0.276. The molecule has 0 saturated heterocycles. The number of nitrogen functional groups attached to an aromatic ring is 1. The number of rotatable bonds is 5. The summed E-state index contributed by atoms with van der Waals surface area (Å²) in [5, 5.41) is 2.72.